The van der Waals surface area contributed by atoms with Crippen molar-refractivity contribution in [2.75, 3.05) is 20.2 Å². The predicted molar refractivity (Wildman–Crippen MR) is 120 cm³/mol. The van der Waals surface area contributed by atoms with Crippen LogP contribution in [-0.2, 0) is 12.6 Å². The van der Waals surface area contributed by atoms with Gasteiger partial charge < -0.3 is 9.26 Å². The average molecular weight is 500 g/mol. The molecule has 1 atom stereocenters. The van der Waals surface area contributed by atoms with E-state index in [9.17, 15) is 13.2 Å². The Hall–Kier alpha value is -2.29. The molecule has 0 spiro atoms. The van der Waals surface area contributed by atoms with Crippen molar-refractivity contribution in [3.05, 3.63) is 63.5 Å². The van der Waals surface area contributed by atoms with E-state index in [0.29, 0.717) is 28.8 Å². The standard InChI is InChI=1S/C23H22Cl2F3N3O2/c1-31-10-2-5-19(31)22-29-21(30-33-22)15-7-9-20(16(13-15)23(26,27)28)32-11-3-4-14-6-8-17(24)18(25)12-14/h6-9,12-13,19H,2-5,10-11H2,1H3. The Balaban J connectivity index is 1.45. The summed E-state index contributed by atoms with van der Waals surface area (Å²) < 4.78 is 52.0. The number of alkyl halides is 3. The van der Waals surface area contributed by atoms with Crippen LogP contribution in [0, 0.1) is 0 Å². The van der Waals surface area contributed by atoms with Gasteiger partial charge in [0.2, 0.25) is 11.7 Å². The molecule has 10 heteroatoms. The van der Waals surface area contributed by atoms with Gasteiger partial charge in [0.25, 0.3) is 0 Å². The highest BCUT2D eigenvalue weighted by atomic mass is 35.5. The molecule has 0 radical (unpaired) electrons. The van der Waals surface area contributed by atoms with Crippen LogP contribution in [0.1, 0.15) is 42.3 Å². The molecule has 5 nitrogen and oxygen atoms in total. The number of benzene rings is 2. The number of rotatable bonds is 7. The molecule has 0 amide bonds. The largest absolute Gasteiger partial charge is 0.493 e. The second kappa shape index (κ2) is 9.91. The highest BCUT2D eigenvalue weighted by Crippen LogP contribution is 2.39. The van der Waals surface area contributed by atoms with Crippen molar-refractivity contribution >= 4 is 23.2 Å². The van der Waals surface area contributed by atoms with Gasteiger partial charge in [0.05, 0.1) is 28.3 Å². The Labute approximate surface area is 199 Å². The second-order valence-electron chi connectivity index (χ2n) is 8.00. The maximum Gasteiger partial charge on any atom is 0.419 e. The van der Waals surface area contributed by atoms with E-state index < -0.39 is 11.7 Å². The van der Waals surface area contributed by atoms with E-state index in [1.165, 1.54) is 12.1 Å². The van der Waals surface area contributed by atoms with Crippen LogP contribution >= 0.6 is 23.2 Å². The van der Waals surface area contributed by atoms with Crippen molar-refractivity contribution in [1.82, 2.24) is 15.0 Å². The molecule has 2 aromatic carbocycles. The number of hydrogen-bond donors (Lipinski definition) is 0. The van der Waals surface area contributed by atoms with Crippen molar-refractivity contribution in [3.63, 3.8) is 0 Å². The summed E-state index contributed by atoms with van der Waals surface area (Å²) in [5.74, 6) is 0.308. The second-order valence-corrected chi connectivity index (χ2v) is 8.82. The number of ether oxygens (including phenoxy) is 1. The van der Waals surface area contributed by atoms with Crippen molar-refractivity contribution in [2.45, 2.75) is 37.9 Å². The molecule has 0 saturated carbocycles. The summed E-state index contributed by atoms with van der Waals surface area (Å²) in [6, 6.07) is 9.06. The van der Waals surface area contributed by atoms with Crippen molar-refractivity contribution in [3.8, 4) is 17.1 Å². The molecule has 1 unspecified atom stereocenters. The molecule has 0 aliphatic carbocycles. The van der Waals surface area contributed by atoms with Gasteiger partial charge in [-0.1, -0.05) is 34.4 Å². The number of aryl methyl sites for hydroxylation is 1. The Morgan fingerprint density at radius 3 is 2.67 bits per heavy atom. The normalized spacial score (nSPS) is 17.0. The third kappa shape index (κ3) is 5.62. The van der Waals surface area contributed by atoms with Gasteiger partial charge in [0, 0.05) is 5.56 Å². The Kier molecular flexibility index (Phi) is 7.16. The predicted octanol–water partition coefficient (Wildman–Crippen LogP) is 6.84. The van der Waals surface area contributed by atoms with E-state index in [0.717, 1.165) is 31.0 Å². The van der Waals surface area contributed by atoms with E-state index in [1.54, 1.807) is 12.1 Å². The molecule has 0 N–H and O–H groups in total. The highest BCUT2D eigenvalue weighted by Gasteiger charge is 2.35. The van der Waals surface area contributed by atoms with E-state index in [2.05, 4.69) is 15.0 Å². The lowest BCUT2D eigenvalue weighted by Gasteiger charge is -2.15. The van der Waals surface area contributed by atoms with Crippen LogP contribution in [0.3, 0.4) is 0 Å². The third-order valence-electron chi connectivity index (χ3n) is 5.64. The van der Waals surface area contributed by atoms with Crippen LogP contribution in [0.15, 0.2) is 40.9 Å². The monoisotopic (exact) mass is 499 g/mol. The summed E-state index contributed by atoms with van der Waals surface area (Å²) in [5.41, 5.74) is 0.278. The number of nitrogens with zero attached hydrogens (tertiary/aromatic N) is 3. The first-order chi connectivity index (χ1) is 15.7. The lowest BCUT2D eigenvalue weighted by Crippen LogP contribution is -2.17. The summed E-state index contributed by atoms with van der Waals surface area (Å²) in [6.07, 6.45) is -1.60. The van der Waals surface area contributed by atoms with E-state index in [1.807, 2.05) is 13.1 Å². The quantitative estimate of drug-likeness (QED) is 0.333. The molecular formula is C23H22Cl2F3N3O2. The van der Waals surface area contributed by atoms with Crippen LogP contribution in [-0.4, -0.2) is 35.2 Å². The first kappa shape index (κ1) is 23.9. The maximum atomic E-state index is 13.7. The zero-order valence-electron chi connectivity index (χ0n) is 17.8. The summed E-state index contributed by atoms with van der Waals surface area (Å²) in [7, 11) is 1.96. The molecule has 2 heterocycles. The smallest absolute Gasteiger partial charge is 0.419 e. The van der Waals surface area contributed by atoms with Crippen LogP contribution in [0.25, 0.3) is 11.4 Å². The highest BCUT2D eigenvalue weighted by molar-refractivity contribution is 6.42. The van der Waals surface area contributed by atoms with Gasteiger partial charge in [-0.2, -0.15) is 18.2 Å². The molecular weight excluding hydrogens is 478 g/mol. The van der Waals surface area contributed by atoms with Crippen molar-refractivity contribution < 1.29 is 22.4 Å². The van der Waals surface area contributed by atoms with Crippen LogP contribution < -0.4 is 4.74 Å². The SMILES string of the molecule is CN1CCCC1c1nc(-c2ccc(OCCCc3ccc(Cl)c(Cl)c3)c(C(F)(F)F)c2)no1. The third-order valence-corrected chi connectivity index (χ3v) is 6.38. The van der Waals surface area contributed by atoms with Gasteiger partial charge in [0.1, 0.15) is 5.75 Å². The maximum absolute atomic E-state index is 13.7. The minimum absolute atomic E-state index is 0.00790. The fourth-order valence-corrected chi connectivity index (χ4v) is 4.20. The van der Waals surface area contributed by atoms with Crippen molar-refractivity contribution in [2.24, 2.45) is 0 Å². The fourth-order valence-electron chi connectivity index (χ4n) is 3.88. The zero-order valence-corrected chi connectivity index (χ0v) is 19.3. The van der Waals surface area contributed by atoms with Gasteiger partial charge in [0.15, 0.2) is 0 Å². The number of likely N-dealkylation sites (tertiary alicyclic amines) is 1. The summed E-state index contributed by atoms with van der Waals surface area (Å²) in [6.45, 7) is 1.03. The molecule has 0 bridgehead atoms. The first-order valence-electron chi connectivity index (χ1n) is 10.5. The number of aromatic nitrogens is 2. The Morgan fingerprint density at radius 1 is 1.15 bits per heavy atom. The minimum Gasteiger partial charge on any atom is -0.493 e. The summed E-state index contributed by atoms with van der Waals surface area (Å²) in [4.78, 5) is 6.43. The average Bonchev–Trinajstić information content (AvgIpc) is 3.42. The van der Waals surface area contributed by atoms with E-state index in [4.69, 9.17) is 32.5 Å². The number of hydrogen-bond acceptors (Lipinski definition) is 5. The molecule has 1 saturated heterocycles. The molecule has 1 aliphatic heterocycles. The number of halogens is 5. The topological polar surface area (TPSA) is 51.4 Å². The zero-order chi connectivity index (χ0) is 23.6. The molecule has 1 fully saturated rings. The van der Waals surface area contributed by atoms with Gasteiger partial charge >= 0.3 is 6.18 Å². The Bertz CT molecular complexity index is 1120. The van der Waals surface area contributed by atoms with Gasteiger partial charge in [-0.05, 0) is 75.2 Å². The van der Waals surface area contributed by atoms with Crippen LogP contribution in [0.5, 0.6) is 5.75 Å². The molecule has 33 heavy (non-hydrogen) atoms. The molecule has 176 valence electrons. The molecule has 1 aromatic heterocycles. The molecule has 3 aromatic rings. The minimum atomic E-state index is -4.59. The van der Waals surface area contributed by atoms with Gasteiger partial charge in [-0.15, -0.1) is 0 Å². The lowest BCUT2D eigenvalue weighted by molar-refractivity contribution is -0.138. The Morgan fingerprint density at radius 2 is 1.97 bits per heavy atom. The van der Waals surface area contributed by atoms with Crippen molar-refractivity contribution in [1.29, 1.82) is 0 Å². The lowest BCUT2D eigenvalue weighted by atomic mass is 10.1. The summed E-state index contributed by atoms with van der Waals surface area (Å²) >= 11 is 11.9. The van der Waals surface area contributed by atoms with Gasteiger partial charge in [-0.25, -0.2) is 0 Å². The van der Waals surface area contributed by atoms with E-state index >= 15 is 0 Å². The molecule has 4 rings (SSSR count). The van der Waals surface area contributed by atoms with Crippen LogP contribution in [0.4, 0.5) is 13.2 Å². The summed E-state index contributed by atoms with van der Waals surface area (Å²) in [5, 5.41) is 4.79. The molecule has 1 aliphatic rings. The fraction of sp³-hybridized carbons (Fsp3) is 0.391. The van der Waals surface area contributed by atoms with E-state index in [-0.39, 0.29) is 29.8 Å². The first-order valence-corrected chi connectivity index (χ1v) is 11.3. The van der Waals surface area contributed by atoms with Crippen LogP contribution in [0.2, 0.25) is 10.0 Å². The van der Waals surface area contributed by atoms with Gasteiger partial charge in [-0.3, -0.25) is 4.90 Å².